The molecule has 0 aliphatic carbocycles. The summed E-state index contributed by atoms with van der Waals surface area (Å²) in [7, 11) is 9.07. The van der Waals surface area contributed by atoms with Crippen molar-refractivity contribution in [1.29, 1.82) is 0 Å². The fraction of sp³-hybridized carbons (Fsp3) is 1.00. The van der Waals surface area contributed by atoms with Crippen LogP contribution in [0, 0.1) is 0 Å². The molecule has 0 aromatic heterocycles. The Morgan fingerprint density at radius 1 is 0.500 bits per heavy atom. The molecule has 0 N–H and O–H groups in total. The molecule has 0 aromatic carbocycles. The molecule has 10 heteroatoms. The van der Waals surface area contributed by atoms with Crippen molar-refractivity contribution in [3.8, 4) is 0 Å². The molecule has 170 valence electrons. The molecule has 0 bridgehead atoms. The number of hydrogen-bond acceptors (Lipinski definition) is 6. The van der Waals surface area contributed by atoms with Crippen LogP contribution in [0.15, 0.2) is 0 Å². The van der Waals surface area contributed by atoms with Crippen LogP contribution in [0.3, 0.4) is 0 Å². The van der Waals surface area contributed by atoms with Crippen molar-refractivity contribution in [3.05, 3.63) is 0 Å². The minimum absolute atomic E-state index is 0.0946. The van der Waals surface area contributed by atoms with E-state index in [1.165, 1.54) is 55.5 Å². The molecule has 0 heterocycles. The average molecular weight is 471 g/mol. The summed E-state index contributed by atoms with van der Waals surface area (Å²) in [5.74, 6) is 0.284. The molecule has 28 heavy (non-hydrogen) atoms. The van der Waals surface area contributed by atoms with Crippen LogP contribution in [-0.2, 0) is 28.4 Å². The summed E-state index contributed by atoms with van der Waals surface area (Å²) in [6, 6.07) is 8.45. The highest BCUT2D eigenvalue weighted by Crippen LogP contribution is 2.18. The Kier molecular flexibility index (Phi) is 21.4. The largest absolute Gasteiger partial charge is 0.360 e. The van der Waals surface area contributed by atoms with E-state index in [-0.39, 0.29) is 46.3 Å². The fourth-order valence-electron chi connectivity index (χ4n) is 3.66. The molecule has 0 spiro atoms. The minimum atomic E-state index is -0.654. The molecule has 0 atom stereocenters. The predicted molar refractivity (Wildman–Crippen MR) is 129 cm³/mol. The first-order valence-electron chi connectivity index (χ1n) is 10.8. The number of hydrogen-bond donors (Lipinski definition) is 0. The molecule has 6 nitrogen and oxygen atoms in total. The summed E-state index contributed by atoms with van der Waals surface area (Å²) in [4.78, 5) is 0. The zero-order chi connectivity index (χ0) is 21.0. The van der Waals surface area contributed by atoms with Crippen molar-refractivity contribution in [1.82, 2.24) is 0 Å². The maximum absolute atomic E-state index is 5.37. The Labute approximate surface area is 181 Å². The van der Waals surface area contributed by atoms with Gasteiger partial charge in [0.05, 0.1) is 28.6 Å². The molecule has 0 radical (unpaired) electrons. The standard InChI is InChI=1S/C18H46O6Si4/c1-19-16(20-2)25-10-7-13-28(14-8-11-26-17(21-3)22-4)15-9-12-27-18(23-5)24-6/h16-18,28H,7-15,25-27H2,1-6H3. The van der Waals surface area contributed by atoms with Crippen LogP contribution >= 0.6 is 0 Å². The van der Waals surface area contributed by atoms with Crippen molar-refractivity contribution >= 4 is 37.4 Å². The van der Waals surface area contributed by atoms with E-state index in [1.54, 1.807) is 42.7 Å². The highest BCUT2D eigenvalue weighted by Gasteiger charge is 2.14. The molecule has 0 aliphatic rings. The van der Waals surface area contributed by atoms with Crippen molar-refractivity contribution in [2.75, 3.05) is 42.7 Å². The molecule has 0 saturated heterocycles. The molecule has 0 unspecified atom stereocenters. The Bertz CT molecular complexity index is 271. The first-order valence-corrected chi connectivity index (χ1v) is 18.7. The first kappa shape index (κ1) is 28.6. The van der Waals surface area contributed by atoms with Gasteiger partial charge >= 0.3 is 0 Å². The smallest absolute Gasteiger partial charge is 0.134 e. The topological polar surface area (TPSA) is 55.4 Å². The SMILES string of the molecule is COC(OC)[SiH2]CCC[SiH](CCC[SiH2]C(OC)OC)CCC[SiH2]C(OC)OC. The van der Waals surface area contributed by atoms with Crippen LogP contribution in [0.4, 0.5) is 0 Å². The van der Waals surface area contributed by atoms with Gasteiger partial charge in [0, 0.05) is 51.5 Å². The summed E-state index contributed by atoms with van der Waals surface area (Å²) in [5, 5.41) is 0. The number of rotatable bonds is 21. The molecule has 0 fully saturated rings. The van der Waals surface area contributed by atoms with Gasteiger partial charge in [0.2, 0.25) is 0 Å². The van der Waals surface area contributed by atoms with Gasteiger partial charge in [0.25, 0.3) is 0 Å². The van der Waals surface area contributed by atoms with E-state index in [4.69, 9.17) is 28.4 Å². The second-order valence-electron chi connectivity index (χ2n) is 7.42. The van der Waals surface area contributed by atoms with Crippen molar-refractivity contribution < 1.29 is 28.4 Å². The van der Waals surface area contributed by atoms with Gasteiger partial charge in [0.15, 0.2) is 0 Å². The summed E-state index contributed by atoms with van der Waals surface area (Å²) < 4.78 is 32.2. The fourth-order valence-corrected chi connectivity index (χ4v) is 13.0. The summed E-state index contributed by atoms with van der Waals surface area (Å²) in [6.45, 7) is 0. The lowest BCUT2D eigenvalue weighted by Crippen LogP contribution is -2.23. The van der Waals surface area contributed by atoms with Gasteiger partial charge < -0.3 is 28.4 Å². The third-order valence-corrected chi connectivity index (χ3v) is 15.3. The molecular formula is C18H46O6Si4. The normalized spacial score (nSPS) is 14.5. The maximum Gasteiger partial charge on any atom is 0.134 e. The lowest BCUT2D eigenvalue weighted by atomic mass is 10.5. The van der Waals surface area contributed by atoms with Gasteiger partial charge in [0.1, 0.15) is 17.7 Å². The van der Waals surface area contributed by atoms with Gasteiger partial charge in [-0.15, -0.1) is 0 Å². The van der Waals surface area contributed by atoms with E-state index in [9.17, 15) is 0 Å². The second-order valence-corrected chi connectivity index (χ2v) is 16.7. The van der Waals surface area contributed by atoms with E-state index in [2.05, 4.69) is 0 Å². The monoisotopic (exact) mass is 470 g/mol. The second kappa shape index (κ2) is 20.9. The molecule has 0 rings (SSSR count). The van der Waals surface area contributed by atoms with Gasteiger partial charge in [-0.1, -0.05) is 55.5 Å². The van der Waals surface area contributed by atoms with E-state index >= 15 is 0 Å². The highest BCUT2D eigenvalue weighted by atomic mass is 28.3. The summed E-state index contributed by atoms with van der Waals surface area (Å²) in [5.41, 5.74) is 0. The minimum Gasteiger partial charge on any atom is -0.360 e. The summed E-state index contributed by atoms with van der Waals surface area (Å²) >= 11 is 0. The highest BCUT2D eigenvalue weighted by molar-refractivity contribution is 6.59. The summed E-state index contributed by atoms with van der Waals surface area (Å²) in [6.07, 6.45) is 4.12. The van der Waals surface area contributed by atoms with Crippen LogP contribution in [0.2, 0.25) is 36.3 Å². The molecular weight excluding hydrogens is 425 g/mol. The third kappa shape index (κ3) is 15.5. The first-order chi connectivity index (χ1) is 13.6. The Hall–Kier alpha value is 0.628. The van der Waals surface area contributed by atoms with Crippen molar-refractivity contribution in [2.24, 2.45) is 0 Å². The predicted octanol–water partition coefficient (Wildman–Crippen LogP) is 0.874. The zero-order valence-electron chi connectivity index (χ0n) is 19.2. The molecule has 0 amide bonds. The third-order valence-electron chi connectivity index (χ3n) is 5.48. The van der Waals surface area contributed by atoms with Crippen molar-refractivity contribution in [3.63, 3.8) is 0 Å². The lowest BCUT2D eigenvalue weighted by Gasteiger charge is -2.18. The Morgan fingerprint density at radius 3 is 0.964 bits per heavy atom. The average Bonchev–Trinajstić information content (AvgIpc) is 2.73. The van der Waals surface area contributed by atoms with Crippen molar-refractivity contribution in [2.45, 2.75) is 73.3 Å². The van der Waals surface area contributed by atoms with Gasteiger partial charge in [-0.05, 0) is 0 Å². The van der Waals surface area contributed by atoms with Crippen LogP contribution in [0.5, 0.6) is 0 Å². The van der Waals surface area contributed by atoms with Crippen LogP contribution < -0.4 is 0 Å². The molecule has 0 aliphatic heterocycles. The van der Waals surface area contributed by atoms with Crippen LogP contribution in [-0.4, -0.2) is 97.8 Å². The Balaban J connectivity index is 4.17. The van der Waals surface area contributed by atoms with E-state index in [1.807, 2.05) is 0 Å². The zero-order valence-corrected chi connectivity index (χ0v) is 24.6. The van der Waals surface area contributed by atoms with Gasteiger partial charge in [-0.2, -0.15) is 0 Å². The Morgan fingerprint density at radius 2 is 0.750 bits per heavy atom. The number of methoxy groups -OCH3 is 6. The van der Waals surface area contributed by atoms with Crippen LogP contribution in [0.25, 0.3) is 0 Å². The van der Waals surface area contributed by atoms with Crippen LogP contribution in [0.1, 0.15) is 19.3 Å². The number of ether oxygens (including phenoxy) is 6. The molecule has 0 aromatic rings. The van der Waals surface area contributed by atoms with Gasteiger partial charge in [-0.3, -0.25) is 0 Å². The van der Waals surface area contributed by atoms with E-state index in [0.29, 0.717) is 0 Å². The maximum atomic E-state index is 5.37. The van der Waals surface area contributed by atoms with E-state index in [0.717, 1.165) is 0 Å². The van der Waals surface area contributed by atoms with Gasteiger partial charge in [-0.25, -0.2) is 0 Å². The lowest BCUT2D eigenvalue weighted by molar-refractivity contribution is -0.0442. The molecule has 0 saturated carbocycles. The quantitative estimate of drug-likeness (QED) is 0.141. The van der Waals surface area contributed by atoms with E-state index < -0.39 is 8.80 Å².